The van der Waals surface area contributed by atoms with Crippen molar-refractivity contribution >= 4 is 17.5 Å². The van der Waals surface area contributed by atoms with Crippen molar-refractivity contribution in [3.63, 3.8) is 0 Å². The number of carbonyl (C=O) groups excluding carboxylic acids is 1. The molecule has 1 aliphatic heterocycles. The Morgan fingerprint density at radius 3 is 2.20 bits per heavy atom. The average Bonchev–Trinajstić information content (AvgIpc) is 2.77. The molecule has 0 bridgehead atoms. The third-order valence-electron chi connectivity index (χ3n) is 6.23. The monoisotopic (exact) mass is 428 g/mol. The maximum atomic E-state index is 13.3. The number of benzene rings is 2. The Kier molecular flexibility index (Phi) is 7.93. The number of hydrogen-bond donors (Lipinski definition) is 2. The zero-order valence-electron chi connectivity index (χ0n) is 18.1. The molecule has 162 valence electrons. The summed E-state index contributed by atoms with van der Waals surface area (Å²) < 4.78 is 0. The van der Waals surface area contributed by atoms with Gasteiger partial charge in [0.25, 0.3) is 0 Å². The van der Waals surface area contributed by atoms with Gasteiger partial charge in [-0.05, 0) is 47.9 Å². The lowest BCUT2D eigenvalue weighted by Gasteiger charge is -2.37. The van der Waals surface area contributed by atoms with Gasteiger partial charge in [0.05, 0.1) is 6.04 Å². The van der Waals surface area contributed by atoms with E-state index < -0.39 is 12.3 Å². The van der Waals surface area contributed by atoms with Crippen LogP contribution in [0.25, 0.3) is 0 Å². The van der Waals surface area contributed by atoms with E-state index in [-0.39, 0.29) is 17.7 Å². The molecule has 1 fully saturated rings. The van der Waals surface area contributed by atoms with Crippen molar-refractivity contribution in [3.05, 3.63) is 70.7 Å². The first-order chi connectivity index (χ1) is 14.4. The summed E-state index contributed by atoms with van der Waals surface area (Å²) in [7, 11) is 0. The molecule has 2 aromatic rings. The Bertz CT molecular complexity index is 802. The SMILES string of the molecule is CC(C)C(NC(O)C(C)c1ccccc1)C(=O)N1CCC(c2ccc(Cl)cc2)CC1. The van der Waals surface area contributed by atoms with Crippen molar-refractivity contribution in [2.45, 2.75) is 57.7 Å². The van der Waals surface area contributed by atoms with Crippen LogP contribution in [0.4, 0.5) is 0 Å². The van der Waals surface area contributed by atoms with Crippen molar-refractivity contribution in [1.82, 2.24) is 10.2 Å². The summed E-state index contributed by atoms with van der Waals surface area (Å²) in [4.78, 5) is 15.2. The van der Waals surface area contributed by atoms with Gasteiger partial charge in [-0.1, -0.05) is 74.8 Å². The van der Waals surface area contributed by atoms with Crippen molar-refractivity contribution in [2.75, 3.05) is 13.1 Å². The van der Waals surface area contributed by atoms with Crippen LogP contribution in [0.3, 0.4) is 0 Å². The normalized spacial score (nSPS) is 18.3. The number of halogens is 1. The molecule has 2 N–H and O–H groups in total. The zero-order chi connectivity index (χ0) is 21.7. The van der Waals surface area contributed by atoms with Crippen molar-refractivity contribution in [3.8, 4) is 0 Å². The highest BCUT2D eigenvalue weighted by Gasteiger charge is 2.32. The van der Waals surface area contributed by atoms with Gasteiger partial charge in [-0.3, -0.25) is 10.1 Å². The Hall–Kier alpha value is -1.88. The van der Waals surface area contributed by atoms with E-state index in [9.17, 15) is 9.90 Å². The fourth-order valence-electron chi connectivity index (χ4n) is 4.18. The standard InChI is InChI=1S/C25H33ClN2O2/c1-17(2)23(27-24(29)18(3)19-7-5-4-6-8-19)25(30)28-15-13-21(14-16-28)20-9-11-22(26)12-10-20/h4-12,17-18,21,23-24,27,29H,13-16H2,1-3H3. The summed E-state index contributed by atoms with van der Waals surface area (Å²) >= 11 is 6.00. The first-order valence-electron chi connectivity index (χ1n) is 10.9. The van der Waals surface area contributed by atoms with Gasteiger partial charge < -0.3 is 10.0 Å². The lowest BCUT2D eigenvalue weighted by atomic mass is 9.89. The molecule has 0 spiro atoms. The highest BCUT2D eigenvalue weighted by Crippen LogP contribution is 2.29. The molecule has 5 heteroatoms. The zero-order valence-corrected chi connectivity index (χ0v) is 18.8. The Labute approximate surface area is 185 Å². The number of piperidine rings is 1. The number of hydrogen-bond acceptors (Lipinski definition) is 3. The minimum atomic E-state index is -0.782. The van der Waals surface area contributed by atoms with Crippen LogP contribution >= 0.6 is 11.6 Å². The summed E-state index contributed by atoms with van der Waals surface area (Å²) in [6.45, 7) is 7.50. The summed E-state index contributed by atoms with van der Waals surface area (Å²) in [5.41, 5.74) is 2.34. The second-order valence-electron chi connectivity index (χ2n) is 8.68. The minimum absolute atomic E-state index is 0.0823. The lowest BCUT2D eigenvalue weighted by Crippen LogP contribution is -2.54. The first-order valence-corrected chi connectivity index (χ1v) is 11.3. The molecule has 1 amide bonds. The maximum Gasteiger partial charge on any atom is 0.240 e. The molecule has 1 aliphatic rings. The van der Waals surface area contributed by atoms with Gasteiger partial charge in [0.15, 0.2) is 0 Å². The molecule has 3 rings (SSSR count). The van der Waals surface area contributed by atoms with E-state index in [4.69, 9.17) is 11.6 Å². The Balaban J connectivity index is 1.59. The fourth-order valence-corrected chi connectivity index (χ4v) is 4.31. The van der Waals surface area contributed by atoms with E-state index in [1.807, 2.05) is 68.1 Å². The van der Waals surface area contributed by atoms with Gasteiger partial charge in [-0.2, -0.15) is 0 Å². The van der Waals surface area contributed by atoms with E-state index in [1.165, 1.54) is 5.56 Å². The highest BCUT2D eigenvalue weighted by atomic mass is 35.5. The number of aliphatic hydroxyl groups is 1. The smallest absolute Gasteiger partial charge is 0.240 e. The number of nitrogens with zero attached hydrogens (tertiary/aromatic N) is 1. The predicted octanol–water partition coefficient (Wildman–Crippen LogP) is 4.78. The fraction of sp³-hybridized carbons (Fsp3) is 0.480. The van der Waals surface area contributed by atoms with Gasteiger partial charge in [-0.25, -0.2) is 0 Å². The maximum absolute atomic E-state index is 13.3. The van der Waals surface area contributed by atoms with Gasteiger partial charge in [0, 0.05) is 24.0 Å². The number of nitrogens with one attached hydrogen (secondary N) is 1. The molecule has 1 saturated heterocycles. The van der Waals surface area contributed by atoms with Crippen LogP contribution in [0.5, 0.6) is 0 Å². The number of aliphatic hydroxyl groups excluding tert-OH is 1. The number of carbonyl (C=O) groups is 1. The van der Waals surface area contributed by atoms with Crippen LogP contribution in [-0.2, 0) is 4.79 Å². The average molecular weight is 429 g/mol. The van der Waals surface area contributed by atoms with Gasteiger partial charge in [-0.15, -0.1) is 0 Å². The van der Waals surface area contributed by atoms with Gasteiger partial charge in [0.1, 0.15) is 6.23 Å². The van der Waals surface area contributed by atoms with E-state index in [2.05, 4.69) is 17.4 Å². The molecule has 4 nitrogen and oxygen atoms in total. The number of likely N-dealkylation sites (tertiary alicyclic amines) is 1. The predicted molar refractivity (Wildman–Crippen MR) is 123 cm³/mol. The van der Waals surface area contributed by atoms with Crippen molar-refractivity contribution in [2.24, 2.45) is 5.92 Å². The highest BCUT2D eigenvalue weighted by molar-refractivity contribution is 6.30. The van der Waals surface area contributed by atoms with Crippen LogP contribution in [0.1, 0.15) is 56.6 Å². The molecule has 0 saturated carbocycles. The summed E-state index contributed by atoms with van der Waals surface area (Å²) in [5, 5.41) is 14.7. The molecular weight excluding hydrogens is 396 g/mol. The van der Waals surface area contributed by atoms with Crippen LogP contribution in [0.2, 0.25) is 5.02 Å². The third-order valence-corrected chi connectivity index (χ3v) is 6.48. The second-order valence-corrected chi connectivity index (χ2v) is 9.12. The van der Waals surface area contributed by atoms with Crippen LogP contribution in [0.15, 0.2) is 54.6 Å². The Morgan fingerprint density at radius 2 is 1.63 bits per heavy atom. The molecule has 3 unspecified atom stereocenters. The van der Waals surface area contributed by atoms with E-state index in [0.29, 0.717) is 5.92 Å². The quantitative estimate of drug-likeness (QED) is 0.624. The van der Waals surface area contributed by atoms with E-state index in [1.54, 1.807) is 0 Å². The van der Waals surface area contributed by atoms with Crippen molar-refractivity contribution in [1.29, 1.82) is 0 Å². The Morgan fingerprint density at radius 1 is 1.03 bits per heavy atom. The molecule has 30 heavy (non-hydrogen) atoms. The molecule has 2 aromatic carbocycles. The largest absolute Gasteiger partial charge is 0.378 e. The molecule has 0 aromatic heterocycles. The van der Waals surface area contributed by atoms with Crippen LogP contribution < -0.4 is 5.32 Å². The molecular formula is C25H33ClN2O2. The second kappa shape index (κ2) is 10.4. The lowest BCUT2D eigenvalue weighted by molar-refractivity contribution is -0.137. The summed E-state index contributed by atoms with van der Waals surface area (Å²) in [5.74, 6) is 0.527. The van der Waals surface area contributed by atoms with Gasteiger partial charge in [0.2, 0.25) is 5.91 Å². The topological polar surface area (TPSA) is 52.6 Å². The van der Waals surface area contributed by atoms with Gasteiger partial charge >= 0.3 is 0 Å². The van der Waals surface area contributed by atoms with Crippen molar-refractivity contribution < 1.29 is 9.90 Å². The number of amides is 1. The van der Waals surface area contributed by atoms with Crippen LogP contribution in [0, 0.1) is 5.92 Å². The first kappa shape index (κ1) is 22.8. The molecule has 0 radical (unpaired) electrons. The number of rotatable bonds is 7. The van der Waals surface area contributed by atoms with E-state index in [0.717, 1.165) is 36.5 Å². The summed E-state index contributed by atoms with van der Waals surface area (Å²) in [6, 6.07) is 17.5. The third kappa shape index (κ3) is 5.63. The van der Waals surface area contributed by atoms with Crippen LogP contribution in [-0.4, -0.2) is 41.3 Å². The minimum Gasteiger partial charge on any atom is -0.378 e. The molecule has 0 aliphatic carbocycles. The molecule has 1 heterocycles. The summed E-state index contributed by atoms with van der Waals surface area (Å²) in [6.07, 6.45) is 1.11. The molecule has 3 atom stereocenters. The van der Waals surface area contributed by atoms with E-state index >= 15 is 0 Å².